The molecule has 1 aromatic heterocycles. The van der Waals surface area contributed by atoms with E-state index in [2.05, 4.69) is 5.32 Å². The highest BCUT2D eigenvalue weighted by Gasteiger charge is 2.25. The second-order valence-corrected chi connectivity index (χ2v) is 4.51. The van der Waals surface area contributed by atoms with E-state index in [4.69, 9.17) is 5.11 Å². The number of amides is 1. The third-order valence-corrected chi connectivity index (χ3v) is 3.08. The number of nitrogens with zero attached hydrogens (tertiary/aromatic N) is 1. The monoisotopic (exact) mass is 262 g/mol. The zero-order chi connectivity index (χ0) is 14.0. The molecular formula is C13H14N2O4. The number of carboxylic acid groups (broad SMARTS) is 1. The van der Waals surface area contributed by atoms with Gasteiger partial charge in [0.1, 0.15) is 0 Å². The summed E-state index contributed by atoms with van der Waals surface area (Å²) in [6.07, 6.45) is 5.09. The molecule has 0 radical (unpaired) electrons. The lowest BCUT2D eigenvalue weighted by Crippen LogP contribution is -2.34. The first-order chi connectivity index (χ1) is 8.97. The molecule has 1 heterocycles. The standard InChI is InChI=1S/C13H14N2O4/c1-15-5-4-8(7-11(15)16)12(17)14-10-3-2-9(6-10)13(18)19/h2-5,7,9-10H,6H2,1H3,(H,14,17)(H,18,19). The number of nitrogens with one attached hydrogen (secondary N) is 1. The van der Waals surface area contributed by atoms with Crippen molar-refractivity contribution < 1.29 is 14.7 Å². The normalized spacial score (nSPS) is 21.3. The van der Waals surface area contributed by atoms with Gasteiger partial charge in [0.15, 0.2) is 0 Å². The lowest BCUT2D eigenvalue weighted by molar-refractivity contribution is -0.140. The summed E-state index contributed by atoms with van der Waals surface area (Å²) >= 11 is 0. The number of aryl methyl sites for hydroxylation is 1. The molecule has 0 spiro atoms. The van der Waals surface area contributed by atoms with Crippen molar-refractivity contribution in [2.24, 2.45) is 13.0 Å². The second kappa shape index (κ2) is 5.09. The summed E-state index contributed by atoms with van der Waals surface area (Å²) in [6.45, 7) is 0. The predicted octanol–water partition coefficient (Wildman–Crippen LogP) is 0.144. The molecule has 2 N–H and O–H groups in total. The molecule has 1 aliphatic carbocycles. The van der Waals surface area contributed by atoms with Gasteiger partial charge in [0.05, 0.1) is 5.92 Å². The Bertz CT molecular complexity index is 603. The van der Waals surface area contributed by atoms with Crippen LogP contribution in [0.25, 0.3) is 0 Å². The minimum absolute atomic E-state index is 0.266. The summed E-state index contributed by atoms with van der Waals surface area (Å²) in [5.74, 6) is -1.84. The maximum Gasteiger partial charge on any atom is 0.310 e. The minimum atomic E-state index is -0.901. The summed E-state index contributed by atoms with van der Waals surface area (Å²) in [7, 11) is 1.60. The first kappa shape index (κ1) is 13.1. The second-order valence-electron chi connectivity index (χ2n) is 4.51. The number of aliphatic carboxylic acids is 1. The molecule has 2 atom stereocenters. The van der Waals surface area contributed by atoms with Gasteiger partial charge < -0.3 is 15.0 Å². The predicted molar refractivity (Wildman–Crippen MR) is 67.8 cm³/mol. The van der Waals surface area contributed by atoms with Gasteiger partial charge in [-0.05, 0) is 12.5 Å². The van der Waals surface area contributed by atoms with Crippen LogP contribution >= 0.6 is 0 Å². The highest BCUT2D eigenvalue weighted by molar-refractivity contribution is 5.94. The lowest BCUT2D eigenvalue weighted by atomic mass is 10.1. The van der Waals surface area contributed by atoms with Crippen molar-refractivity contribution in [1.29, 1.82) is 0 Å². The van der Waals surface area contributed by atoms with Crippen molar-refractivity contribution in [2.45, 2.75) is 12.5 Å². The molecule has 0 saturated carbocycles. The third-order valence-electron chi connectivity index (χ3n) is 3.08. The summed E-state index contributed by atoms with van der Waals surface area (Å²) in [5.41, 5.74) is 0.00769. The van der Waals surface area contributed by atoms with Crippen LogP contribution in [0.15, 0.2) is 35.3 Å². The Labute approximate surface area is 109 Å². The van der Waals surface area contributed by atoms with Crippen molar-refractivity contribution in [2.75, 3.05) is 0 Å². The molecule has 2 unspecified atom stereocenters. The van der Waals surface area contributed by atoms with Crippen molar-refractivity contribution in [3.05, 3.63) is 46.4 Å². The van der Waals surface area contributed by atoms with Gasteiger partial charge in [-0.3, -0.25) is 14.4 Å². The van der Waals surface area contributed by atoms with Crippen LogP contribution in [-0.4, -0.2) is 27.6 Å². The molecule has 0 fully saturated rings. The SMILES string of the molecule is Cn1ccc(C(=O)NC2C=CC(C(=O)O)C2)cc1=O. The maximum atomic E-state index is 11.9. The molecule has 0 aromatic carbocycles. The van der Waals surface area contributed by atoms with Gasteiger partial charge in [0.25, 0.3) is 11.5 Å². The van der Waals surface area contributed by atoms with E-state index in [9.17, 15) is 14.4 Å². The van der Waals surface area contributed by atoms with Crippen molar-refractivity contribution in [3.63, 3.8) is 0 Å². The Morgan fingerprint density at radius 3 is 2.74 bits per heavy atom. The molecule has 0 bridgehead atoms. The minimum Gasteiger partial charge on any atom is -0.481 e. The number of carbonyl (C=O) groups excluding carboxylic acids is 1. The average molecular weight is 262 g/mol. The van der Waals surface area contributed by atoms with Crippen LogP contribution in [0, 0.1) is 5.92 Å². The molecule has 0 saturated heterocycles. The van der Waals surface area contributed by atoms with E-state index < -0.39 is 11.9 Å². The largest absolute Gasteiger partial charge is 0.481 e. The molecule has 6 nitrogen and oxygen atoms in total. The van der Waals surface area contributed by atoms with E-state index in [0.29, 0.717) is 6.42 Å². The highest BCUT2D eigenvalue weighted by Crippen LogP contribution is 2.18. The van der Waals surface area contributed by atoms with Crippen LogP contribution in [0.4, 0.5) is 0 Å². The van der Waals surface area contributed by atoms with Crippen LogP contribution < -0.4 is 10.9 Å². The molecular weight excluding hydrogens is 248 g/mol. The molecule has 2 rings (SSSR count). The summed E-state index contributed by atoms with van der Waals surface area (Å²) in [6, 6.07) is 2.49. The fraction of sp³-hybridized carbons (Fsp3) is 0.308. The van der Waals surface area contributed by atoms with Crippen LogP contribution in [0.3, 0.4) is 0 Å². The lowest BCUT2D eigenvalue weighted by Gasteiger charge is -2.12. The van der Waals surface area contributed by atoms with Gasteiger partial charge in [-0.25, -0.2) is 0 Å². The van der Waals surface area contributed by atoms with E-state index in [0.717, 1.165) is 0 Å². The zero-order valence-electron chi connectivity index (χ0n) is 10.4. The van der Waals surface area contributed by atoms with Crippen molar-refractivity contribution in [1.82, 2.24) is 9.88 Å². The fourth-order valence-corrected chi connectivity index (χ4v) is 1.93. The molecule has 1 amide bonds. The van der Waals surface area contributed by atoms with Crippen LogP contribution in [0.5, 0.6) is 0 Å². The zero-order valence-corrected chi connectivity index (χ0v) is 10.4. The van der Waals surface area contributed by atoms with Crippen molar-refractivity contribution in [3.8, 4) is 0 Å². The number of pyridine rings is 1. The molecule has 19 heavy (non-hydrogen) atoms. The van der Waals surface area contributed by atoms with E-state index in [-0.39, 0.29) is 23.1 Å². The molecule has 1 aromatic rings. The molecule has 100 valence electrons. The topological polar surface area (TPSA) is 88.4 Å². The first-order valence-electron chi connectivity index (χ1n) is 5.86. The van der Waals surface area contributed by atoms with Gasteiger partial charge in [-0.15, -0.1) is 0 Å². The van der Waals surface area contributed by atoms with Crippen LogP contribution in [0.2, 0.25) is 0 Å². The number of rotatable bonds is 3. The van der Waals surface area contributed by atoms with E-state index in [1.807, 2.05) is 0 Å². The number of aromatic nitrogens is 1. The number of hydrogen-bond donors (Lipinski definition) is 2. The van der Waals surface area contributed by atoms with Gasteiger partial charge in [0.2, 0.25) is 0 Å². The van der Waals surface area contributed by atoms with Gasteiger partial charge >= 0.3 is 5.97 Å². The quantitative estimate of drug-likeness (QED) is 0.759. The van der Waals surface area contributed by atoms with Crippen molar-refractivity contribution >= 4 is 11.9 Å². The van der Waals surface area contributed by atoms with Gasteiger partial charge in [-0.2, -0.15) is 0 Å². The summed E-state index contributed by atoms with van der Waals surface area (Å²) < 4.78 is 1.37. The van der Waals surface area contributed by atoms with E-state index in [1.54, 1.807) is 25.3 Å². The molecule has 6 heteroatoms. The van der Waals surface area contributed by atoms with Gasteiger partial charge in [-0.1, -0.05) is 12.2 Å². The maximum absolute atomic E-state index is 11.9. The Balaban J connectivity index is 2.03. The Morgan fingerprint density at radius 2 is 2.16 bits per heavy atom. The average Bonchev–Trinajstić information content (AvgIpc) is 2.81. The van der Waals surface area contributed by atoms with Crippen LogP contribution in [0.1, 0.15) is 16.8 Å². The number of carbonyl (C=O) groups is 2. The molecule has 0 aliphatic heterocycles. The smallest absolute Gasteiger partial charge is 0.310 e. The number of hydrogen-bond acceptors (Lipinski definition) is 3. The first-order valence-corrected chi connectivity index (χ1v) is 5.86. The van der Waals surface area contributed by atoms with Gasteiger partial charge in [0, 0.05) is 30.9 Å². The molecule has 1 aliphatic rings. The Morgan fingerprint density at radius 1 is 1.42 bits per heavy atom. The third kappa shape index (κ3) is 2.90. The highest BCUT2D eigenvalue weighted by atomic mass is 16.4. The summed E-state index contributed by atoms with van der Waals surface area (Å²) in [5, 5.41) is 11.5. The van der Waals surface area contributed by atoms with E-state index >= 15 is 0 Å². The number of carboxylic acids is 1. The van der Waals surface area contributed by atoms with E-state index in [1.165, 1.54) is 16.8 Å². The fourth-order valence-electron chi connectivity index (χ4n) is 1.93. The van der Waals surface area contributed by atoms with Crippen LogP contribution in [-0.2, 0) is 11.8 Å². The Hall–Kier alpha value is -2.37. The summed E-state index contributed by atoms with van der Waals surface area (Å²) in [4.78, 5) is 34.1. The Kier molecular flexibility index (Phi) is 3.50.